The highest BCUT2D eigenvalue weighted by Gasteiger charge is 2.33. The summed E-state index contributed by atoms with van der Waals surface area (Å²) >= 11 is 5.90. The summed E-state index contributed by atoms with van der Waals surface area (Å²) in [4.78, 5) is 11.4. The van der Waals surface area contributed by atoms with E-state index in [1.165, 1.54) is 5.56 Å². The van der Waals surface area contributed by atoms with E-state index in [0.29, 0.717) is 19.5 Å². The van der Waals surface area contributed by atoms with Crippen LogP contribution in [0.15, 0.2) is 24.3 Å². The molecule has 0 radical (unpaired) electrons. The van der Waals surface area contributed by atoms with Crippen molar-refractivity contribution in [1.29, 1.82) is 0 Å². The Hall–Kier alpha value is -1.06. The third-order valence-corrected chi connectivity index (χ3v) is 3.86. The molecular weight excluding hydrogens is 236 g/mol. The molecule has 3 N–H and O–H groups in total. The van der Waals surface area contributed by atoms with Gasteiger partial charge in [-0.2, -0.15) is 0 Å². The molecule has 1 atom stereocenters. The summed E-state index contributed by atoms with van der Waals surface area (Å²) in [7, 11) is 0. The number of carbonyl (C=O) groups excluding carboxylic acids is 1. The summed E-state index contributed by atoms with van der Waals surface area (Å²) in [6, 6.07) is 7.80. The predicted molar refractivity (Wildman–Crippen MR) is 69.0 cm³/mol. The van der Waals surface area contributed by atoms with Crippen molar-refractivity contribution in [3.05, 3.63) is 34.9 Å². The number of nitrogens with two attached hydrogens (primary N) is 1. The van der Waals surface area contributed by atoms with E-state index in [0.717, 1.165) is 17.9 Å². The van der Waals surface area contributed by atoms with Crippen LogP contribution in [0.2, 0.25) is 5.02 Å². The summed E-state index contributed by atoms with van der Waals surface area (Å²) in [6.45, 7) is 1.25. The molecule has 1 aromatic rings. The fourth-order valence-electron chi connectivity index (χ4n) is 2.42. The number of benzene rings is 1. The lowest BCUT2D eigenvalue weighted by Crippen LogP contribution is -2.36. The maximum absolute atomic E-state index is 11.4. The molecule has 1 aromatic carbocycles. The van der Waals surface area contributed by atoms with Crippen molar-refractivity contribution in [2.75, 3.05) is 13.1 Å². The van der Waals surface area contributed by atoms with Crippen molar-refractivity contribution in [2.45, 2.75) is 24.7 Å². The highest BCUT2D eigenvalue weighted by atomic mass is 35.5. The number of nitrogens with one attached hydrogen (secondary N) is 1. The first-order valence-corrected chi connectivity index (χ1v) is 6.27. The summed E-state index contributed by atoms with van der Waals surface area (Å²) in [5.41, 5.74) is 7.04. The Bertz CT molecular complexity index is 404. The van der Waals surface area contributed by atoms with Gasteiger partial charge < -0.3 is 11.1 Å². The standard InChI is InChI=1S/C13H17ClN2O/c14-11-3-1-10(2-4-11)13(9-15)6-5-12(17)16-8-7-13/h1-4H,5-9,15H2,(H,16,17). The van der Waals surface area contributed by atoms with Crippen LogP contribution >= 0.6 is 11.6 Å². The van der Waals surface area contributed by atoms with Gasteiger partial charge >= 0.3 is 0 Å². The van der Waals surface area contributed by atoms with Gasteiger partial charge in [0.25, 0.3) is 0 Å². The molecule has 0 spiro atoms. The zero-order valence-corrected chi connectivity index (χ0v) is 10.5. The monoisotopic (exact) mass is 252 g/mol. The van der Waals surface area contributed by atoms with Gasteiger partial charge in [0.15, 0.2) is 0 Å². The molecule has 0 aliphatic carbocycles. The van der Waals surface area contributed by atoms with Crippen molar-refractivity contribution < 1.29 is 4.79 Å². The Labute approximate surface area is 106 Å². The SMILES string of the molecule is NCC1(c2ccc(Cl)cc2)CCNC(=O)CC1. The number of amides is 1. The molecule has 1 aliphatic heterocycles. The van der Waals surface area contributed by atoms with Gasteiger partial charge in [0, 0.05) is 29.9 Å². The maximum atomic E-state index is 11.4. The molecule has 0 saturated carbocycles. The van der Waals surface area contributed by atoms with Crippen LogP contribution in [0.1, 0.15) is 24.8 Å². The van der Waals surface area contributed by atoms with Gasteiger partial charge in [-0.3, -0.25) is 4.79 Å². The van der Waals surface area contributed by atoms with Crippen LogP contribution in [0.25, 0.3) is 0 Å². The number of carbonyl (C=O) groups is 1. The van der Waals surface area contributed by atoms with Crippen LogP contribution in [0, 0.1) is 0 Å². The highest BCUT2D eigenvalue weighted by molar-refractivity contribution is 6.30. The summed E-state index contributed by atoms with van der Waals surface area (Å²) in [5.74, 6) is 0.120. The first-order chi connectivity index (χ1) is 8.16. The van der Waals surface area contributed by atoms with Gasteiger partial charge in [-0.25, -0.2) is 0 Å². The Kier molecular flexibility index (Phi) is 3.69. The fraction of sp³-hybridized carbons (Fsp3) is 0.462. The number of rotatable bonds is 2. The van der Waals surface area contributed by atoms with Gasteiger partial charge in [0.2, 0.25) is 5.91 Å². The van der Waals surface area contributed by atoms with Crippen molar-refractivity contribution in [3.63, 3.8) is 0 Å². The lowest BCUT2D eigenvalue weighted by atomic mass is 9.74. The average Bonchev–Trinajstić information content (AvgIpc) is 2.53. The lowest BCUT2D eigenvalue weighted by molar-refractivity contribution is -0.120. The van der Waals surface area contributed by atoms with E-state index in [1.807, 2.05) is 24.3 Å². The Morgan fingerprint density at radius 3 is 2.65 bits per heavy atom. The Morgan fingerprint density at radius 2 is 2.00 bits per heavy atom. The normalized spacial score (nSPS) is 25.2. The van der Waals surface area contributed by atoms with Crippen molar-refractivity contribution in [2.24, 2.45) is 5.73 Å². The minimum atomic E-state index is -0.0935. The Morgan fingerprint density at radius 1 is 1.29 bits per heavy atom. The van der Waals surface area contributed by atoms with E-state index in [9.17, 15) is 4.79 Å². The lowest BCUT2D eigenvalue weighted by Gasteiger charge is -2.31. The third kappa shape index (κ3) is 2.61. The minimum Gasteiger partial charge on any atom is -0.356 e. The average molecular weight is 253 g/mol. The molecular formula is C13H17ClN2O. The maximum Gasteiger partial charge on any atom is 0.220 e. The molecule has 1 fully saturated rings. The molecule has 92 valence electrons. The zero-order chi connectivity index (χ0) is 12.3. The molecule has 3 nitrogen and oxygen atoms in total. The van der Waals surface area contributed by atoms with Gasteiger partial charge in [0.05, 0.1) is 0 Å². The molecule has 1 aliphatic rings. The van der Waals surface area contributed by atoms with Crippen LogP contribution < -0.4 is 11.1 Å². The van der Waals surface area contributed by atoms with Crippen LogP contribution in [-0.2, 0) is 10.2 Å². The molecule has 17 heavy (non-hydrogen) atoms. The molecule has 2 rings (SSSR count). The predicted octanol–water partition coefficient (Wildman–Crippen LogP) is 1.84. The quantitative estimate of drug-likeness (QED) is 0.844. The number of hydrogen-bond donors (Lipinski definition) is 2. The van der Waals surface area contributed by atoms with Crippen LogP contribution in [0.5, 0.6) is 0 Å². The van der Waals surface area contributed by atoms with Gasteiger partial charge in [0.1, 0.15) is 0 Å². The zero-order valence-electron chi connectivity index (χ0n) is 9.71. The van der Waals surface area contributed by atoms with Crippen LogP contribution in [0.3, 0.4) is 0 Å². The van der Waals surface area contributed by atoms with E-state index in [-0.39, 0.29) is 11.3 Å². The Balaban J connectivity index is 2.29. The molecule has 0 bridgehead atoms. The molecule has 1 heterocycles. The number of halogens is 1. The van der Waals surface area contributed by atoms with Crippen molar-refractivity contribution >= 4 is 17.5 Å². The van der Waals surface area contributed by atoms with E-state index in [2.05, 4.69) is 5.32 Å². The van der Waals surface area contributed by atoms with E-state index >= 15 is 0 Å². The minimum absolute atomic E-state index is 0.0935. The first kappa shape index (κ1) is 12.4. The number of hydrogen-bond acceptors (Lipinski definition) is 2. The topological polar surface area (TPSA) is 55.1 Å². The van der Waals surface area contributed by atoms with Gasteiger partial charge in [-0.15, -0.1) is 0 Å². The molecule has 0 aromatic heterocycles. The second-order valence-electron chi connectivity index (χ2n) is 4.59. The van der Waals surface area contributed by atoms with E-state index < -0.39 is 0 Å². The van der Waals surface area contributed by atoms with E-state index in [4.69, 9.17) is 17.3 Å². The molecule has 4 heteroatoms. The first-order valence-electron chi connectivity index (χ1n) is 5.89. The van der Waals surface area contributed by atoms with Crippen molar-refractivity contribution in [3.8, 4) is 0 Å². The highest BCUT2D eigenvalue weighted by Crippen LogP contribution is 2.33. The fourth-order valence-corrected chi connectivity index (χ4v) is 2.55. The van der Waals surface area contributed by atoms with Crippen molar-refractivity contribution in [1.82, 2.24) is 5.32 Å². The second kappa shape index (κ2) is 5.07. The smallest absolute Gasteiger partial charge is 0.220 e. The summed E-state index contributed by atoms with van der Waals surface area (Å²) < 4.78 is 0. The largest absolute Gasteiger partial charge is 0.356 e. The second-order valence-corrected chi connectivity index (χ2v) is 5.03. The third-order valence-electron chi connectivity index (χ3n) is 3.60. The van der Waals surface area contributed by atoms with Crippen LogP contribution in [-0.4, -0.2) is 19.0 Å². The van der Waals surface area contributed by atoms with Gasteiger partial charge in [-0.1, -0.05) is 23.7 Å². The van der Waals surface area contributed by atoms with Crippen LogP contribution in [0.4, 0.5) is 0 Å². The van der Waals surface area contributed by atoms with Gasteiger partial charge in [-0.05, 0) is 30.5 Å². The summed E-state index contributed by atoms with van der Waals surface area (Å²) in [6.07, 6.45) is 2.23. The molecule has 1 saturated heterocycles. The summed E-state index contributed by atoms with van der Waals surface area (Å²) in [5, 5.41) is 3.62. The molecule has 1 unspecified atom stereocenters. The van der Waals surface area contributed by atoms with E-state index in [1.54, 1.807) is 0 Å². The molecule has 1 amide bonds.